The van der Waals surface area contributed by atoms with E-state index in [9.17, 15) is 4.79 Å². The van der Waals surface area contributed by atoms with Gasteiger partial charge in [0.05, 0.1) is 19.0 Å². The van der Waals surface area contributed by atoms with Crippen molar-refractivity contribution >= 4 is 40.5 Å². The number of halogens is 1. The molecule has 0 aromatic heterocycles. The molecule has 1 N–H and O–H groups in total. The second kappa shape index (κ2) is 20.7. The largest absolute Gasteiger partial charge is 0.494 e. The maximum Gasteiger partial charge on any atom is 0.321 e. The molecule has 7 heteroatoms. The van der Waals surface area contributed by atoms with Crippen LogP contribution in [0.5, 0.6) is 5.75 Å². The quantitative estimate of drug-likeness (QED) is 0.154. The van der Waals surface area contributed by atoms with E-state index < -0.39 is 0 Å². The van der Waals surface area contributed by atoms with Crippen LogP contribution in [0.25, 0.3) is 0 Å². The molecule has 228 valence electrons. The van der Waals surface area contributed by atoms with E-state index in [1.807, 2.05) is 36.0 Å². The van der Waals surface area contributed by atoms with E-state index in [1.54, 1.807) is 11.9 Å². The van der Waals surface area contributed by atoms with Gasteiger partial charge >= 0.3 is 6.03 Å². The normalized spacial score (nSPS) is 12.6. The van der Waals surface area contributed by atoms with Crippen molar-refractivity contribution in [1.82, 2.24) is 10.2 Å². The standard InChI is InChI=1S/C34H51N3O2S.BrH/c1-4-5-6-7-8-9-10-11-12-13-14-15-23-39-33-18-16-17-31(24-33)27-37(34(38)35-3)32-21-19-30(20-22-32)26-36-25-29(2)40-28-36;/h16-22,24-25H,4-15,23,26-28H2,1-3H3,(H,35,38);1H. The number of unbranched alkanes of at least 4 members (excludes halogenated alkanes) is 11. The number of nitrogens with one attached hydrogen (secondary N) is 1. The van der Waals surface area contributed by atoms with Gasteiger partial charge < -0.3 is 15.0 Å². The maximum atomic E-state index is 12.8. The fraction of sp³-hybridized carbons (Fsp3) is 0.559. The highest BCUT2D eigenvalue weighted by Gasteiger charge is 2.16. The van der Waals surface area contributed by atoms with Gasteiger partial charge in [-0.2, -0.15) is 0 Å². The molecule has 0 saturated carbocycles. The van der Waals surface area contributed by atoms with Gasteiger partial charge in [-0.1, -0.05) is 102 Å². The van der Waals surface area contributed by atoms with Gasteiger partial charge in [-0.25, -0.2) is 4.79 Å². The van der Waals surface area contributed by atoms with E-state index in [1.165, 1.54) is 81.1 Å². The van der Waals surface area contributed by atoms with E-state index in [-0.39, 0.29) is 23.0 Å². The van der Waals surface area contributed by atoms with Crippen molar-refractivity contribution in [2.45, 2.75) is 104 Å². The first-order chi connectivity index (χ1) is 19.6. The lowest BCUT2D eigenvalue weighted by Gasteiger charge is -2.23. The maximum absolute atomic E-state index is 12.8. The number of carbonyl (C=O) groups excluding carboxylic acids is 1. The van der Waals surface area contributed by atoms with E-state index in [0.29, 0.717) is 6.54 Å². The molecule has 0 fully saturated rings. The molecule has 2 amide bonds. The number of allylic oxidation sites excluding steroid dienone is 1. The van der Waals surface area contributed by atoms with Crippen molar-refractivity contribution in [1.29, 1.82) is 0 Å². The first kappa shape index (κ1) is 35.1. The van der Waals surface area contributed by atoms with Crippen molar-refractivity contribution in [2.24, 2.45) is 0 Å². The van der Waals surface area contributed by atoms with Crippen LogP contribution >= 0.6 is 28.7 Å². The average molecular weight is 647 g/mol. The summed E-state index contributed by atoms with van der Waals surface area (Å²) in [5, 5.41) is 2.79. The van der Waals surface area contributed by atoms with Crippen LogP contribution in [0.2, 0.25) is 0 Å². The minimum atomic E-state index is -0.120. The average Bonchev–Trinajstić information content (AvgIpc) is 3.38. The zero-order valence-electron chi connectivity index (χ0n) is 25.5. The molecule has 0 aliphatic carbocycles. The van der Waals surface area contributed by atoms with Gasteiger partial charge in [-0.3, -0.25) is 4.90 Å². The minimum Gasteiger partial charge on any atom is -0.494 e. The molecule has 0 unspecified atom stereocenters. The Morgan fingerprint density at radius 1 is 0.902 bits per heavy atom. The van der Waals surface area contributed by atoms with Gasteiger partial charge in [0, 0.05) is 25.5 Å². The van der Waals surface area contributed by atoms with Crippen LogP contribution in [0, 0.1) is 0 Å². The number of anilines is 1. The third-order valence-electron chi connectivity index (χ3n) is 7.42. The summed E-state index contributed by atoms with van der Waals surface area (Å²) in [5.74, 6) is 1.87. The summed E-state index contributed by atoms with van der Waals surface area (Å²) < 4.78 is 6.07. The monoisotopic (exact) mass is 645 g/mol. The molecule has 1 heterocycles. The number of hydrogen-bond donors (Lipinski definition) is 1. The molecule has 0 bridgehead atoms. The number of benzene rings is 2. The Morgan fingerprint density at radius 2 is 1.54 bits per heavy atom. The van der Waals surface area contributed by atoms with Crippen molar-refractivity contribution in [3.63, 3.8) is 0 Å². The Labute approximate surface area is 264 Å². The number of thioether (sulfide) groups is 1. The summed E-state index contributed by atoms with van der Waals surface area (Å²) in [5.41, 5.74) is 3.17. The zero-order valence-corrected chi connectivity index (χ0v) is 28.1. The van der Waals surface area contributed by atoms with Gasteiger partial charge in [-0.15, -0.1) is 28.7 Å². The first-order valence-electron chi connectivity index (χ1n) is 15.4. The number of hydrogen-bond acceptors (Lipinski definition) is 4. The summed E-state index contributed by atoms with van der Waals surface area (Å²) in [6, 6.07) is 16.3. The van der Waals surface area contributed by atoms with Gasteiger partial charge in [0.25, 0.3) is 0 Å². The molecule has 2 aromatic rings. The SMILES string of the molecule is Br.CCCCCCCCCCCCCCOc1cccc(CN(C(=O)NC)c2ccc(CN3C=C(C)SC3)cc2)c1. The molecule has 41 heavy (non-hydrogen) atoms. The predicted molar refractivity (Wildman–Crippen MR) is 182 cm³/mol. The van der Waals surface area contributed by atoms with Crippen molar-refractivity contribution in [3.05, 3.63) is 70.8 Å². The summed E-state index contributed by atoms with van der Waals surface area (Å²) >= 11 is 1.87. The fourth-order valence-corrected chi connectivity index (χ4v) is 5.85. The van der Waals surface area contributed by atoms with Gasteiger partial charge in [-0.05, 0) is 53.6 Å². The second-order valence-electron chi connectivity index (χ2n) is 11.0. The number of ether oxygens (including phenoxy) is 1. The molecule has 0 spiro atoms. The lowest BCUT2D eigenvalue weighted by molar-refractivity contribution is 0.248. The zero-order chi connectivity index (χ0) is 28.4. The van der Waals surface area contributed by atoms with E-state index in [4.69, 9.17) is 4.74 Å². The Hall–Kier alpha value is -2.12. The van der Waals surface area contributed by atoms with Gasteiger partial charge in [0.15, 0.2) is 0 Å². The summed E-state index contributed by atoms with van der Waals surface area (Å²) in [6.07, 6.45) is 18.3. The number of carbonyl (C=O) groups is 1. The van der Waals surface area contributed by atoms with Crippen LogP contribution in [0.15, 0.2) is 59.6 Å². The number of urea groups is 1. The summed E-state index contributed by atoms with van der Waals surface area (Å²) in [6.45, 7) is 6.53. The molecule has 2 aromatic carbocycles. The molecule has 0 saturated heterocycles. The first-order valence-corrected chi connectivity index (χ1v) is 16.4. The Morgan fingerprint density at radius 3 is 2.12 bits per heavy atom. The van der Waals surface area contributed by atoms with Crippen LogP contribution in [0.4, 0.5) is 10.5 Å². The molecular weight excluding hydrogens is 594 g/mol. The number of amides is 2. The van der Waals surface area contributed by atoms with Crippen LogP contribution in [-0.2, 0) is 13.1 Å². The topological polar surface area (TPSA) is 44.8 Å². The molecule has 5 nitrogen and oxygen atoms in total. The smallest absolute Gasteiger partial charge is 0.321 e. The molecular formula is C34H52BrN3O2S. The predicted octanol–water partition coefficient (Wildman–Crippen LogP) is 10.1. The fourth-order valence-electron chi connectivity index (χ4n) is 5.09. The lowest BCUT2D eigenvalue weighted by Crippen LogP contribution is -2.37. The summed E-state index contributed by atoms with van der Waals surface area (Å²) in [7, 11) is 1.68. The van der Waals surface area contributed by atoms with Gasteiger partial charge in [0.2, 0.25) is 0 Å². The van der Waals surface area contributed by atoms with Crippen LogP contribution in [-0.4, -0.2) is 30.5 Å². The van der Waals surface area contributed by atoms with Crippen LogP contribution in [0.1, 0.15) is 102 Å². The lowest BCUT2D eigenvalue weighted by atomic mass is 10.1. The van der Waals surface area contributed by atoms with E-state index in [2.05, 4.69) is 54.5 Å². The number of rotatable bonds is 19. The van der Waals surface area contributed by atoms with Crippen molar-refractivity contribution in [2.75, 3.05) is 24.4 Å². The van der Waals surface area contributed by atoms with Gasteiger partial charge in [0.1, 0.15) is 5.75 Å². The highest BCUT2D eigenvalue weighted by molar-refractivity contribution is 8.93. The minimum absolute atomic E-state index is 0. The van der Waals surface area contributed by atoms with E-state index >= 15 is 0 Å². The van der Waals surface area contributed by atoms with Crippen LogP contribution in [0.3, 0.4) is 0 Å². The van der Waals surface area contributed by atoms with Crippen LogP contribution < -0.4 is 15.0 Å². The second-order valence-corrected chi connectivity index (χ2v) is 12.1. The van der Waals surface area contributed by atoms with Crippen molar-refractivity contribution in [3.8, 4) is 5.75 Å². The highest BCUT2D eigenvalue weighted by atomic mass is 79.9. The van der Waals surface area contributed by atoms with Crippen molar-refractivity contribution < 1.29 is 9.53 Å². The number of nitrogens with zero attached hydrogens (tertiary/aromatic N) is 2. The Bertz CT molecular complexity index is 1030. The molecule has 3 rings (SSSR count). The Balaban J connectivity index is 0.00000588. The molecule has 1 aliphatic rings. The van der Waals surface area contributed by atoms with E-state index in [0.717, 1.165) is 42.4 Å². The molecule has 1 aliphatic heterocycles. The molecule has 0 radical (unpaired) electrons. The third kappa shape index (κ3) is 13.6. The Kier molecular flexibility index (Phi) is 17.7. The third-order valence-corrected chi connectivity index (χ3v) is 8.44. The highest BCUT2D eigenvalue weighted by Crippen LogP contribution is 2.27. The molecule has 0 atom stereocenters. The summed E-state index contributed by atoms with van der Waals surface area (Å²) in [4.78, 5) is 18.2.